The first kappa shape index (κ1) is 25.9. The van der Waals surface area contributed by atoms with E-state index in [0.29, 0.717) is 17.0 Å². The largest absolute Gasteiger partial charge is 0.478 e. The zero-order valence-electron chi connectivity index (χ0n) is 19.8. The monoisotopic (exact) mass is 504 g/mol. The van der Waals surface area contributed by atoms with Crippen LogP contribution in [0.15, 0.2) is 42.5 Å². The summed E-state index contributed by atoms with van der Waals surface area (Å²) in [4.78, 5) is 0. The van der Waals surface area contributed by atoms with Gasteiger partial charge in [0.2, 0.25) is 0 Å². The molecule has 0 bridgehead atoms. The molecule has 0 saturated heterocycles. The summed E-state index contributed by atoms with van der Waals surface area (Å²) < 4.78 is 85.4. The van der Waals surface area contributed by atoms with E-state index in [1.807, 2.05) is 0 Å². The molecule has 4 rings (SSSR count). The lowest BCUT2D eigenvalue weighted by Crippen LogP contribution is -2.20. The molecule has 0 spiro atoms. The van der Waals surface area contributed by atoms with Gasteiger partial charge in [-0.25, -0.2) is 13.2 Å². The Bertz CT molecular complexity index is 1290. The Balaban J connectivity index is 1.53. The lowest BCUT2D eigenvalue weighted by molar-refractivity contribution is -0.154. The van der Waals surface area contributed by atoms with Gasteiger partial charge in [0.25, 0.3) is 0 Å². The van der Waals surface area contributed by atoms with Crippen molar-refractivity contribution in [2.24, 2.45) is 11.8 Å². The highest BCUT2D eigenvalue weighted by Crippen LogP contribution is 2.35. The lowest BCUT2D eigenvalue weighted by atomic mass is 9.80. The highest BCUT2D eigenvalue weighted by molar-refractivity contribution is 5.89. The third-order valence-electron chi connectivity index (χ3n) is 6.61. The fraction of sp³-hybridized carbons (Fsp3) is 0.379. The molecule has 1 aliphatic rings. The van der Waals surface area contributed by atoms with Crippen molar-refractivity contribution in [3.63, 3.8) is 0 Å². The minimum atomic E-state index is -4.74. The van der Waals surface area contributed by atoms with Crippen molar-refractivity contribution in [2.45, 2.75) is 51.6 Å². The van der Waals surface area contributed by atoms with Crippen molar-refractivity contribution >= 4 is 10.8 Å². The Kier molecular flexibility index (Phi) is 7.82. The Morgan fingerprint density at radius 2 is 1.67 bits per heavy atom. The van der Waals surface area contributed by atoms with Crippen LogP contribution in [0.1, 0.15) is 51.0 Å². The van der Waals surface area contributed by atoms with Crippen LogP contribution in [-0.4, -0.2) is 12.8 Å². The molecule has 0 aliphatic heterocycles. The van der Waals surface area contributed by atoms with Gasteiger partial charge in [-0.15, -0.1) is 0 Å². The highest BCUT2D eigenvalue weighted by Gasteiger charge is 2.30. The van der Waals surface area contributed by atoms with Gasteiger partial charge in [-0.2, -0.15) is 13.2 Å². The van der Waals surface area contributed by atoms with Gasteiger partial charge >= 0.3 is 6.18 Å². The second kappa shape index (κ2) is 10.9. The number of benzene rings is 3. The number of hydrogen-bond donors (Lipinski definition) is 0. The maximum atomic E-state index is 14.9. The van der Waals surface area contributed by atoms with E-state index in [9.17, 15) is 26.3 Å². The lowest BCUT2D eigenvalue weighted by Gasteiger charge is -2.25. The van der Waals surface area contributed by atoms with Gasteiger partial charge in [-0.1, -0.05) is 49.8 Å². The molecule has 0 heterocycles. The van der Waals surface area contributed by atoms with Gasteiger partial charge in [0.1, 0.15) is 5.82 Å². The maximum absolute atomic E-state index is 14.9. The van der Waals surface area contributed by atoms with Gasteiger partial charge < -0.3 is 4.74 Å². The number of alkyl halides is 3. The van der Waals surface area contributed by atoms with Crippen molar-refractivity contribution in [1.82, 2.24) is 0 Å². The smallest absolute Gasteiger partial charge is 0.422 e. The molecule has 1 fully saturated rings. The van der Waals surface area contributed by atoms with E-state index in [2.05, 4.69) is 23.5 Å². The molecule has 0 unspecified atom stereocenters. The predicted molar refractivity (Wildman–Crippen MR) is 128 cm³/mol. The van der Waals surface area contributed by atoms with Crippen LogP contribution in [0.4, 0.5) is 26.3 Å². The van der Waals surface area contributed by atoms with Crippen LogP contribution in [0.5, 0.6) is 5.75 Å². The summed E-state index contributed by atoms with van der Waals surface area (Å²) in [6.45, 7) is 0.386. The average Bonchev–Trinajstić information content (AvgIpc) is 2.83. The summed E-state index contributed by atoms with van der Waals surface area (Å²) in [5, 5.41) is -0.0577. The molecule has 0 atom stereocenters. The van der Waals surface area contributed by atoms with Crippen molar-refractivity contribution in [1.29, 1.82) is 0 Å². The summed E-state index contributed by atoms with van der Waals surface area (Å²) in [6, 6.07) is 9.55. The van der Waals surface area contributed by atoms with Crippen LogP contribution in [0, 0.1) is 41.1 Å². The number of rotatable bonds is 5. The van der Waals surface area contributed by atoms with Crippen LogP contribution in [-0.2, 0) is 0 Å². The average molecular weight is 505 g/mol. The van der Waals surface area contributed by atoms with Gasteiger partial charge in [0.15, 0.2) is 24.0 Å². The molecule has 7 heteroatoms. The quantitative estimate of drug-likeness (QED) is 0.249. The molecule has 1 saturated carbocycles. The number of halogens is 6. The van der Waals surface area contributed by atoms with E-state index in [1.165, 1.54) is 49.9 Å². The first-order chi connectivity index (χ1) is 17.1. The van der Waals surface area contributed by atoms with E-state index in [1.54, 1.807) is 12.1 Å². The predicted octanol–water partition coefficient (Wildman–Crippen LogP) is 8.82. The molecule has 3 aromatic carbocycles. The summed E-state index contributed by atoms with van der Waals surface area (Å²) in [6.07, 6.45) is 2.20. The third-order valence-corrected chi connectivity index (χ3v) is 6.61. The standard InChI is InChI=1S/C29H26F6O/c1-2-3-18-4-6-19(7-5-18)8-9-20-10-12-23(25(30)14-20)21-11-13-24-22(15-21)16-26(31)28(27(24)32)36-17-29(33,34)35/h10-16,18-19H,2-7,17H2,1H3. The van der Waals surface area contributed by atoms with Gasteiger partial charge in [-0.05, 0) is 66.8 Å². The Labute approximate surface area is 206 Å². The molecule has 0 radical (unpaired) electrons. The van der Waals surface area contributed by atoms with E-state index < -0.39 is 36.0 Å². The van der Waals surface area contributed by atoms with Crippen LogP contribution in [0.3, 0.4) is 0 Å². The van der Waals surface area contributed by atoms with Crippen molar-refractivity contribution in [3.8, 4) is 28.7 Å². The molecular formula is C29H26F6O. The van der Waals surface area contributed by atoms with Crippen LogP contribution in [0.2, 0.25) is 0 Å². The normalized spacial score (nSPS) is 18.1. The van der Waals surface area contributed by atoms with E-state index >= 15 is 0 Å². The zero-order valence-corrected chi connectivity index (χ0v) is 19.8. The number of fused-ring (bicyclic) bond motifs is 1. The second-order valence-corrected chi connectivity index (χ2v) is 9.31. The Hall–Kier alpha value is -3.14. The molecule has 36 heavy (non-hydrogen) atoms. The second-order valence-electron chi connectivity index (χ2n) is 9.31. The maximum Gasteiger partial charge on any atom is 0.422 e. The first-order valence-corrected chi connectivity index (χ1v) is 12.1. The van der Waals surface area contributed by atoms with E-state index in [4.69, 9.17) is 0 Å². The van der Waals surface area contributed by atoms with E-state index in [-0.39, 0.29) is 16.3 Å². The minimum Gasteiger partial charge on any atom is -0.478 e. The van der Waals surface area contributed by atoms with Crippen LogP contribution < -0.4 is 4.74 Å². The number of ether oxygens (including phenoxy) is 1. The van der Waals surface area contributed by atoms with Gasteiger partial charge in [0.05, 0.1) is 0 Å². The number of hydrogen-bond acceptors (Lipinski definition) is 1. The molecule has 190 valence electrons. The van der Waals surface area contributed by atoms with Crippen molar-refractivity contribution in [2.75, 3.05) is 6.61 Å². The minimum absolute atomic E-state index is 0.0730. The molecule has 1 aliphatic carbocycles. The highest BCUT2D eigenvalue weighted by atomic mass is 19.4. The Morgan fingerprint density at radius 1 is 0.917 bits per heavy atom. The molecule has 3 aromatic rings. The summed E-state index contributed by atoms with van der Waals surface area (Å²) in [7, 11) is 0. The first-order valence-electron chi connectivity index (χ1n) is 12.1. The topological polar surface area (TPSA) is 9.23 Å². The van der Waals surface area contributed by atoms with Crippen LogP contribution >= 0.6 is 0 Å². The molecule has 0 amide bonds. The van der Waals surface area contributed by atoms with Crippen LogP contribution in [0.25, 0.3) is 21.9 Å². The zero-order chi connectivity index (χ0) is 25.9. The summed E-state index contributed by atoms with van der Waals surface area (Å²) in [5.41, 5.74) is 1.15. The molecule has 0 N–H and O–H groups in total. The van der Waals surface area contributed by atoms with Gasteiger partial charge in [-0.3, -0.25) is 0 Å². The van der Waals surface area contributed by atoms with Gasteiger partial charge in [0, 0.05) is 22.4 Å². The van der Waals surface area contributed by atoms with Crippen molar-refractivity contribution in [3.05, 3.63) is 65.5 Å². The molecule has 1 nitrogen and oxygen atoms in total. The summed E-state index contributed by atoms with van der Waals surface area (Å²) >= 11 is 0. The van der Waals surface area contributed by atoms with E-state index in [0.717, 1.165) is 24.8 Å². The third kappa shape index (κ3) is 6.16. The SMILES string of the molecule is CCCC1CCC(C#Cc2ccc(-c3ccc4c(F)c(OCC(F)(F)F)c(F)cc4c3)c(F)c2)CC1. The summed E-state index contributed by atoms with van der Waals surface area (Å²) in [5.74, 6) is 3.30. The molecular weight excluding hydrogens is 478 g/mol. The fourth-order valence-electron chi connectivity index (χ4n) is 4.78. The Morgan fingerprint density at radius 3 is 2.33 bits per heavy atom. The fourth-order valence-corrected chi connectivity index (χ4v) is 4.78. The molecule has 0 aromatic heterocycles. The van der Waals surface area contributed by atoms with Crippen molar-refractivity contribution < 1.29 is 31.1 Å².